The number of nitrogens with zero attached hydrogens (tertiary/aromatic N) is 1. The van der Waals surface area contributed by atoms with Crippen molar-refractivity contribution in [1.29, 1.82) is 0 Å². The maximum atomic E-state index is 13.0. The first kappa shape index (κ1) is 15.6. The number of benzene rings is 1. The Kier molecular flexibility index (Phi) is 4.23. The zero-order valence-electron chi connectivity index (χ0n) is 11.8. The van der Waals surface area contributed by atoms with Gasteiger partial charge in [0.1, 0.15) is 0 Å². The Labute approximate surface area is 135 Å². The number of halogens is 2. The Balaban J connectivity index is 2.04. The van der Waals surface area contributed by atoms with Crippen LogP contribution in [0.5, 0.6) is 0 Å². The van der Waals surface area contributed by atoms with E-state index >= 15 is 0 Å². The Morgan fingerprint density at radius 2 is 1.76 bits per heavy atom. The molecule has 3 rings (SSSR count). The Bertz CT molecular complexity index is 626. The highest BCUT2D eigenvalue weighted by Gasteiger charge is 2.43. The maximum Gasteiger partial charge on any atom is 0.243 e. The van der Waals surface area contributed by atoms with Gasteiger partial charge in [-0.25, -0.2) is 8.42 Å². The molecular formula is C14H18Cl2N2O2S. The lowest BCUT2D eigenvalue weighted by Crippen LogP contribution is -2.42. The summed E-state index contributed by atoms with van der Waals surface area (Å²) in [5.74, 6) is 0. The van der Waals surface area contributed by atoms with Gasteiger partial charge in [0.25, 0.3) is 0 Å². The Morgan fingerprint density at radius 3 is 2.43 bits per heavy atom. The minimum absolute atomic E-state index is 0.0290. The average molecular weight is 349 g/mol. The van der Waals surface area contributed by atoms with E-state index in [2.05, 4.69) is 5.32 Å². The van der Waals surface area contributed by atoms with Crippen molar-refractivity contribution in [2.24, 2.45) is 0 Å². The van der Waals surface area contributed by atoms with Gasteiger partial charge in [0.2, 0.25) is 10.0 Å². The third kappa shape index (κ3) is 2.70. The molecule has 0 aromatic heterocycles. The third-order valence-electron chi connectivity index (χ3n) is 4.42. The van der Waals surface area contributed by atoms with Gasteiger partial charge in [-0.05, 0) is 50.4 Å². The molecule has 2 heterocycles. The lowest BCUT2D eigenvalue weighted by Gasteiger charge is -2.27. The van der Waals surface area contributed by atoms with Crippen LogP contribution in [0.2, 0.25) is 10.0 Å². The molecule has 1 N–H and O–H groups in total. The molecule has 0 spiro atoms. The number of hydrogen-bond acceptors (Lipinski definition) is 3. The molecule has 2 aliphatic rings. The zero-order chi connectivity index (χ0) is 15.2. The molecule has 2 saturated heterocycles. The second-order valence-electron chi connectivity index (χ2n) is 5.72. The summed E-state index contributed by atoms with van der Waals surface area (Å²) in [5, 5.41) is 4.09. The normalized spacial score (nSPS) is 26.8. The first-order valence-corrected chi connectivity index (χ1v) is 9.31. The molecule has 4 nitrogen and oxygen atoms in total. The van der Waals surface area contributed by atoms with E-state index in [9.17, 15) is 8.42 Å². The second kappa shape index (κ2) is 5.70. The number of sulfonamides is 1. The molecule has 0 amide bonds. The average Bonchev–Trinajstić information content (AvgIpc) is 2.69. The molecule has 0 aliphatic carbocycles. The van der Waals surface area contributed by atoms with Crippen LogP contribution in [-0.4, -0.2) is 37.9 Å². The summed E-state index contributed by atoms with van der Waals surface area (Å²) in [4.78, 5) is 0.196. The van der Waals surface area contributed by atoms with Gasteiger partial charge in [0.15, 0.2) is 0 Å². The fraction of sp³-hybridized carbons (Fsp3) is 0.571. The van der Waals surface area contributed by atoms with Crippen LogP contribution in [0, 0.1) is 6.92 Å². The molecule has 1 aromatic carbocycles. The van der Waals surface area contributed by atoms with E-state index in [-0.39, 0.29) is 17.0 Å². The standard InChI is InChI=1S/C14H18Cl2N2O2S/c1-9-13(15)6-12(7-14(9)16)21(19,20)18-10-2-3-11(18)8-17-5-4-10/h6-7,10-11,17H,2-5,8H2,1H3. The van der Waals surface area contributed by atoms with Crippen molar-refractivity contribution in [3.63, 3.8) is 0 Å². The third-order valence-corrected chi connectivity index (χ3v) is 7.18. The van der Waals surface area contributed by atoms with E-state index in [0.717, 1.165) is 25.8 Å². The highest BCUT2D eigenvalue weighted by Crippen LogP contribution is 2.36. The summed E-state index contributed by atoms with van der Waals surface area (Å²) in [5.41, 5.74) is 0.706. The Morgan fingerprint density at radius 1 is 1.14 bits per heavy atom. The van der Waals surface area contributed by atoms with Crippen molar-refractivity contribution in [1.82, 2.24) is 9.62 Å². The molecule has 0 saturated carbocycles. The summed E-state index contributed by atoms with van der Waals surface area (Å²) in [6.45, 7) is 3.35. The van der Waals surface area contributed by atoms with E-state index in [4.69, 9.17) is 23.2 Å². The molecule has 1 aromatic rings. The van der Waals surface area contributed by atoms with E-state index in [0.29, 0.717) is 22.2 Å². The van der Waals surface area contributed by atoms with Crippen molar-refractivity contribution in [3.8, 4) is 0 Å². The lowest BCUT2D eigenvalue weighted by atomic mass is 10.1. The van der Waals surface area contributed by atoms with Crippen LogP contribution < -0.4 is 5.32 Å². The molecule has 2 aliphatic heterocycles. The molecule has 2 bridgehead atoms. The fourth-order valence-electron chi connectivity index (χ4n) is 3.22. The first-order valence-electron chi connectivity index (χ1n) is 7.11. The summed E-state index contributed by atoms with van der Waals surface area (Å²) in [7, 11) is -3.56. The van der Waals surface area contributed by atoms with Crippen molar-refractivity contribution in [2.45, 2.75) is 43.2 Å². The second-order valence-corrected chi connectivity index (χ2v) is 8.38. The fourth-order valence-corrected chi connectivity index (χ4v) is 5.79. The van der Waals surface area contributed by atoms with Crippen molar-refractivity contribution < 1.29 is 8.42 Å². The highest BCUT2D eigenvalue weighted by molar-refractivity contribution is 7.89. The SMILES string of the molecule is Cc1c(Cl)cc(S(=O)(=O)N2C3CCNCC2CC3)cc1Cl. The quantitative estimate of drug-likeness (QED) is 0.893. The smallest absolute Gasteiger partial charge is 0.243 e. The van der Waals surface area contributed by atoms with Crippen LogP contribution >= 0.6 is 23.2 Å². The predicted octanol–water partition coefficient (Wildman–Crippen LogP) is 2.82. The summed E-state index contributed by atoms with van der Waals surface area (Å²) >= 11 is 12.2. The first-order chi connectivity index (χ1) is 9.91. The van der Waals surface area contributed by atoms with E-state index in [1.165, 1.54) is 12.1 Å². The van der Waals surface area contributed by atoms with Crippen molar-refractivity contribution in [3.05, 3.63) is 27.7 Å². The number of fused-ring (bicyclic) bond motifs is 2. The van der Waals surface area contributed by atoms with Gasteiger partial charge in [0.05, 0.1) is 4.90 Å². The maximum absolute atomic E-state index is 13.0. The molecule has 2 unspecified atom stereocenters. The predicted molar refractivity (Wildman–Crippen MR) is 84.5 cm³/mol. The van der Waals surface area contributed by atoms with Gasteiger partial charge in [-0.1, -0.05) is 23.2 Å². The van der Waals surface area contributed by atoms with Gasteiger partial charge in [0, 0.05) is 28.7 Å². The summed E-state index contributed by atoms with van der Waals surface area (Å²) in [6.07, 6.45) is 2.69. The van der Waals surface area contributed by atoms with Crippen LogP contribution in [0.15, 0.2) is 17.0 Å². The van der Waals surface area contributed by atoms with Crippen molar-refractivity contribution >= 4 is 33.2 Å². The monoisotopic (exact) mass is 348 g/mol. The lowest BCUT2D eigenvalue weighted by molar-refractivity contribution is 0.334. The van der Waals surface area contributed by atoms with E-state index in [1.54, 1.807) is 11.2 Å². The summed E-state index contributed by atoms with van der Waals surface area (Å²) in [6, 6.07) is 3.13. The van der Waals surface area contributed by atoms with Gasteiger partial charge < -0.3 is 5.32 Å². The zero-order valence-corrected chi connectivity index (χ0v) is 14.1. The topological polar surface area (TPSA) is 49.4 Å². The largest absolute Gasteiger partial charge is 0.315 e. The van der Waals surface area contributed by atoms with E-state index in [1.807, 2.05) is 0 Å². The molecular weight excluding hydrogens is 331 g/mol. The molecule has 21 heavy (non-hydrogen) atoms. The highest BCUT2D eigenvalue weighted by atomic mass is 35.5. The van der Waals surface area contributed by atoms with Gasteiger partial charge >= 0.3 is 0 Å². The van der Waals surface area contributed by atoms with Crippen LogP contribution in [0.3, 0.4) is 0 Å². The number of nitrogens with one attached hydrogen (secondary N) is 1. The number of rotatable bonds is 2. The number of hydrogen-bond donors (Lipinski definition) is 1. The van der Waals surface area contributed by atoms with Gasteiger partial charge in [-0.3, -0.25) is 0 Å². The van der Waals surface area contributed by atoms with Gasteiger partial charge in [-0.2, -0.15) is 4.31 Å². The molecule has 116 valence electrons. The van der Waals surface area contributed by atoms with Crippen LogP contribution in [-0.2, 0) is 10.0 Å². The van der Waals surface area contributed by atoms with E-state index < -0.39 is 10.0 Å². The molecule has 2 atom stereocenters. The molecule has 7 heteroatoms. The minimum atomic E-state index is -3.56. The molecule has 0 radical (unpaired) electrons. The van der Waals surface area contributed by atoms with Gasteiger partial charge in [-0.15, -0.1) is 0 Å². The Hall–Kier alpha value is -0.330. The minimum Gasteiger partial charge on any atom is -0.315 e. The van der Waals surface area contributed by atoms with Crippen LogP contribution in [0.4, 0.5) is 0 Å². The van der Waals surface area contributed by atoms with Crippen LogP contribution in [0.25, 0.3) is 0 Å². The molecule has 2 fully saturated rings. The van der Waals surface area contributed by atoms with Crippen molar-refractivity contribution in [2.75, 3.05) is 13.1 Å². The summed E-state index contributed by atoms with van der Waals surface area (Å²) < 4.78 is 27.7. The van der Waals surface area contributed by atoms with Crippen LogP contribution in [0.1, 0.15) is 24.8 Å².